The third-order valence-corrected chi connectivity index (χ3v) is 9.60. The fourth-order valence-electron chi connectivity index (χ4n) is 4.93. The average Bonchev–Trinajstić information content (AvgIpc) is 2.83. The minimum atomic E-state index is -4.81. The maximum Gasteiger partial charge on any atom is 0.421 e. The molecule has 1 aromatic rings. The summed E-state index contributed by atoms with van der Waals surface area (Å²) in [6.45, 7) is 6.03. The lowest BCUT2D eigenvalue weighted by atomic mass is 9.95. The third kappa shape index (κ3) is 5.94. The maximum absolute atomic E-state index is 13.5. The van der Waals surface area contributed by atoms with E-state index in [0.717, 1.165) is 6.92 Å². The summed E-state index contributed by atoms with van der Waals surface area (Å²) in [5.74, 6) is 0. The van der Waals surface area contributed by atoms with E-state index in [2.05, 4.69) is 4.90 Å². The molecule has 7 nitrogen and oxygen atoms in total. The first kappa shape index (κ1) is 28.2. The van der Waals surface area contributed by atoms with Crippen LogP contribution in [0, 0.1) is 0 Å². The zero-order chi connectivity index (χ0) is 27.0. The van der Waals surface area contributed by atoms with Gasteiger partial charge in [-0.2, -0.15) is 17.5 Å². The molecule has 0 bridgehead atoms. The van der Waals surface area contributed by atoms with E-state index in [0.29, 0.717) is 49.8 Å². The monoisotopic (exact) mass is 559 g/mol. The molecule has 0 aromatic heterocycles. The van der Waals surface area contributed by atoms with Crippen LogP contribution in [-0.4, -0.2) is 91.8 Å². The van der Waals surface area contributed by atoms with Crippen molar-refractivity contribution in [2.24, 2.45) is 0 Å². The second-order valence-corrected chi connectivity index (χ2v) is 12.3. The number of benzene rings is 1. The molecule has 4 rings (SSSR count). The molecule has 0 radical (unpaired) electrons. The molecular weight excluding hydrogens is 527 g/mol. The second kappa shape index (κ2) is 10.7. The Balaban J connectivity index is 1.60. The first-order chi connectivity index (χ1) is 17.3. The number of sulfonamides is 1. The number of aliphatic hydroxyl groups is 1. The lowest BCUT2D eigenvalue weighted by Crippen LogP contribution is -2.59. The number of piperazine rings is 1. The summed E-state index contributed by atoms with van der Waals surface area (Å²) in [6, 6.07) is 5.40. The Labute approximate surface area is 221 Å². The van der Waals surface area contributed by atoms with Gasteiger partial charge < -0.3 is 14.7 Å². The van der Waals surface area contributed by atoms with Gasteiger partial charge in [-0.1, -0.05) is 36.5 Å². The number of ether oxygens (including phenoxy) is 1. The van der Waals surface area contributed by atoms with Crippen molar-refractivity contribution in [1.29, 1.82) is 0 Å². The molecule has 0 unspecified atom stereocenters. The highest BCUT2D eigenvalue weighted by Gasteiger charge is 2.51. The Morgan fingerprint density at radius 1 is 1.14 bits per heavy atom. The number of morpholine rings is 1. The van der Waals surface area contributed by atoms with Crippen LogP contribution in [0.1, 0.15) is 25.8 Å². The van der Waals surface area contributed by atoms with Gasteiger partial charge in [0.15, 0.2) is 5.60 Å². The van der Waals surface area contributed by atoms with E-state index in [-0.39, 0.29) is 35.7 Å². The normalized spacial score (nSPS) is 26.2. The van der Waals surface area contributed by atoms with Gasteiger partial charge in [-0.15, -0.1) is 0 Å². The van der Waals surface area contributed by atoms with Gasteiger partial charge in [0.1, 0.15) is 0 Å². The second-order valence-electron chi connectivity index (χ2n) is 9.85. The number of alkyl halides is 3. The summed E-state index contributed by atoms with van der Waals surface area (Å²) < 4.78 is 74.0. The van der Waals surface area contributed by atoms with E-state index in [1.165, 1.54) is 22.5 Å². The molecule has 0 amide bonds. The van der Waals surface area contributed by atoms with E-state index in [9.17, 15) is 26.7 Å². The quantitative estimate of drug-likeness (QED) is 0.537. The van der Waals surface area contributed by atoms with Gasteiger partial charge in [0.05, 0.1) is 23.7 Å². The van der Waals surface area contributed by atoms with Crippen molar-refractivity contribution in [3.05, 3.63) is 53.0 Å². The minimum absolute atomic E-state index is 0.0473. The number of hydrogen-bond acceptors (Lipinski definition) is 7. The van der Waals surface area contributed by atoms with Gasteiger partial charge in [-0.25, -0.2) is 8.42 Å². The molecule has 0 saturated carbocycles. The van der Waals surface area contributed by atoms with Crippen LogP contribution < -0.4 is 4.90 Å². The third-order valence-electron chi connectivity index (χ3n) is 7.13. The first-order valence-corrected chi connectivity index (χ1v) is 14.1. The van der Waals surface area contributed by atoms with Gasteiger partial charge in [-0.05, 0) is 37.6 Å². The fraction of sp³-hybridized carbons (Fsp3) is 0.560. The number of thiocarbonyl (C=S) groups is 1. The fourth-order valence-corrected chi connectivity index (χ4v) is 7.00. The van der Waals surface area contributed by atoms with Crippen LogP contribution in [0.15, 0.2) is 47.4 Å². The molecule has 0 spiro atoms. The SMILES string of the molecule is C[C@H]1CN(C[C@@H]2CN(S(=O)(=O)C3=CC=CCC3=S)CCN2c2ccc([C@](C)(O)C(F)(F)F)cc2)CCO1. The Morgan fingerprint density at radius 3 is 2.46 bits per heavy atom. The Bertz CT molecular complexity index is 1170. The number of hydrogen-bond donors (Lipinski definition) is 1. The highest BCUT2D eigenvalue weighted by atomic mass is 32.2. The molecule has 2 heterocycles. The minimum Gasteiger partial charge on any atom is -0.376 e. The van der Waals surface area contributed by atoms with Crippen LogP contribution in [0.2, 0.25) is 0 Å². The van der Waals surface area contributed by atoms with E-state index in [4.69, 9.17) is 17.0 Å². The van der Waals surface area contributed by atoms with Crippen LogP contribution in [-0.2, 0) is 20.4 Å². The smallest absolute Gasteiger partial charge is 0.376 e. The zero-order valence-corrected chi connectivity index (χ0v) is 22.4. The number of allylic oxidation sites excluding steroid dienone is 4. The molecular formula is C25H32F3N3O4S2. The van der Waals surface area contributed by atoms with Crippen LogP contribution >= 0.6 is 12.2 Å². The molecule has 2 aliphatic heterocycles. The predicted octanol–water partition coefficient (Wildman–Crippen LogP) is 3.21. The standard InChI is InChI=1S/C25H32F3N3O4S2/c1-18-15-29(13-14-35-18)16-21-17-30(37(33,34)23-6-4-3-5-22(23)36)11-12-31(21)20-9-7-19(8-10-20)24(2,32)25(26,27)28/h3-4,6-10,18,21,32H,5,11-17H2,1-2H3/t18-,21+,24-/m0/s1. The van der Waals surface area contributed by atoms with Gasteiger partial charge >= 0.3 is 6.18 Å². The van der Waals surface area contributed by atoms with Gasteiger partial charge in [-0.3, -0.25) is 4.90 Å². The predicted molar refractivity (Wildman–Crippen MR) is 140 cm³/mol. The van der Waals surface area contributed by atoms with Gasteiger partial charge in [0.25, 0.3) is 0 Å². The van der Waals surface area contributed by atoms with Crippen molar-refractivity contribution in [3.8, 4) is 0 Å². The number of anilines is 1. The Kier molecular flexibility index (Phi) is 8.18. The Hall–Kier alpha value is -1.83. The summed E-state index contributed by atoms with van der Waals surface area (Å²) in [6.07, 6.45) is 0.699. The molecule has 1 aliphatic carbocycles. The van der Waals surface area contributed by atoms with Crippen molar-refractivity contribution in [2.75, 3.05) is 50.8 Å². The van der Waals surface area contributed by atoms with E-state index in [1.807, 2.05) is 17.9 Å². The van der Waals surface area contributed by atoms with Crippen molar-refractivity contribution in [2.45, 2.75) is 44.2 Å². The molecule has 1 aromatic carbocycles. The highest BCUT2D eigenvalue weighted by Crippen LogP contribution is 2.39. The topological polar surface area (TPSA) is 73.3 Å². The number of nitrogens with zero attached hydrogens (tertiary/aromatic N) is 3. The summed E-state index contributed by atoms with van der Waals surface area (Å²) in [7, 11) is -3.79. The maximum atomic E-state index is 13.5. The Morgan fingerprint density at radius 2 is 1.84 bits per heavy atom. The van der Waals surface area contributed by atoms with E-state index in [1.54, 1.807) is 18.2 Å². The molecule has 3 atom stereocenters. The lowest BCUT2D eigenvalue weighted by Gasteiger charge is -2.45. The molecule has 2 fully saturated rings. The molecule has 3 aliphatic rings. The summed E-state index contributed by atoms with van der Waals surface area (Å²) in [5.41, 5.74) is -2.56. The summed E-state index contributed by atoms with van der Waals surface area (Å²) in [5, 5.41) is 10.0. The lowest BCUT2D eigenvalue weighted by molar-refractivity contribution is -0.258. The summed E-state index contributed by atoms with van der Waals surface area (Å²) >= 11 is 5.33. The van der Waals surface area contributed by atoms with E-state index >= 15 is 0 Å². The molecule has 37 heavy (non-hydrogen) atoms. The largest absolute Gasteiger partial charge is 0.421 e. The van der Waals surface area contributed by atoms with Crippen LogP contribution in [0.4, 0.5) is 18.9 Å². The van der Waals surface area contributed by atoms with Gasteiger partial charge in [0.2, 0.25) is 10.0 Å². The number of rotatable bonds is 6. The molecule has 1 N–H and O–H groups in total. The van der Waals surface area contributed by atoms with Crippen LogP contribution in [0.3, 0.4) is 0 Å². The summed E-state index contributed by atoms with van der Waals surface area (Å²) in [4.78, 5) is 4.79. The molecule has 204 valence electrons. The number of halogens is 3. The van der Waals surface area contributed by atoms with Crippen molar-refractivity contribution in [3.63, 3.8) is 0 Å². The van der Waals surface area contributed by atoms with Crippen LogP contribution in [0.25, 0.3) is 0 Å². The zero-order valence-electron chi connectivity index (χ0n) is 20.8. The molecule has 12 heteroatoms. The van der Waals surface area contributed by atoms with Crippen molar-refractivity contribution in [1.82, 2.24) is 9.21 Å². The van der Waals surface area contributed by atoms with Crippen LogP contribution in [0.5, 0.6) is 0 Å². The average molecular weight is 560 g/mol. The van der Waals surface area contributed by atoms with Crippen molar-refractivity contribution < 1.29 is 31.4 Å². The first-order valence-electron chi connectivity index (χ1n) is 12.2. The van der Waals surface area contributed by atoms with Gasteiger partial charge in [0, 0.05) is 56.2 Å². The van der Waals surface area contributed by atoms with E-state index < -0.39 is 21.8 Å². The molecule has 2 saturated heterocycles. The van der Waals surface area contributed by atoms with Crippen molar-refractivity contribution >= 4 is 32.8 Å². The highest BCUT2D eigenvalue weighted by molar-refractivity contribution is 7.96.